The fourth-order valence-corrected chi connectivity index (χ4v) is 2.89. The molecule has 0 aliphatic heterocycles. The molecule has 1 rings (SSSR count). The highest BCUT2D eigenvalue weighted by molar-refractivity contribution is 5.97. The maximum atomic E-state index is 11.9. The molecular formula is C17H29NO3. The summed E-state index contributed by atoms with van der Waals surface area (Å²) in [7, 11) is 0. The van der Waals surface area contributed by atoms with Gasteiger partial charge in [-0.1, -0.05) is 25.8 Å². The predicted octanol–water partition coefficient (Wildman–Crippen LogP) is 2.53. The Bertz CT molecular complexity index is 370. The van der Waals surface area contributed by atoms with Gasteiger partial charge in [0.2, 0.25) is 0 Å². The van der Waals surface area contributed by atoms with Crippen LogP contribution in [0.4, 0.5) is 0 Å². The van der Waals surface area contributed by atoms with Gasteiger partial charge in [0.05, 0.1) is 0 Å². The Morgan fingerprint density at radius 1 is 1.38 bits per heavy atom. The monoisotopic (exact) mass is 295 g/mol. The summed E-state index contributed by atoms with van der Waals surface area (Å²) < 4.78 is 0. The lowest BCUT2D eigenvalue weighted by atomic mass is 9.89. The molecule has 3 N–H and O–H groups in total. The van der Waals surface area contributed by atoms with E-state index in [-0.39, 0.29) is 24.2 Å². The zero-order chi connectivity index (χ0) is 15.7. The van der Waals surface area contributed by atoms with E-state index >= 15 is 0 Å². The molecule has 0 bridgehead atoms. The third kappa shape index (κ3) is 7.00. The first-order valence-corrected chi connectivity index (χ1v) is 8.17. The number of hydrogen-bond acceptors (Lipinski definition) is 4. The number of hydrogen-bond donors (Lipinski definition) is 2. The van der Waals surface area contributed by atoms with E-state index in [1.54, 1.807) is 0 Å². The van der Waals surface area contributed by atoms with Crippen molar-refractivity contribution in [2.24, 2.45) is 11.7 Å². The number of allylic oxidation sites excluding steroid dienone is 1. The maximum Gasteiger partial charge on any atom is 0.160 e. The highest BCUT2D eigenvalue weighted by atomic mass is 16.3. The molecule has 1 aliphatic rings. The van der Waals surface area contributed by atoms with E-state index < -0.39 is 0 Å². The minimum absolute atomic E-state index is 0.0507. The number of carbonyl (C=O) groups excluding carboxylic acids is 2. The lowest BCUT2D eigenvalue weighted by Gasteiger charge is -2.17. The van der Waals surface area contributed by atoms with Crippen LogP contribution in [-0.2, 0) is 9.59 Å². The van der Waals surface area contributed by atoms with Gasteiger partial charge >= 0.3 is 0 Å². The summed E-state index contributed by atoms with van der Waals surface area (Å²) in [5.74, 6) is 0.765. The highest BCUT2D eigenvalue weighted by Crippen LogP contribution is 2.21. The van der Waals surface area contributed by atoms with Crippen molar-refractivity contribution < 1.29 is 14.7 Å². The van der Waals surface area contributed by atoms with Gasteiger partial charge in [0.15, 0.2) is 5.78 Å². The summed E-state index contributed by atoms with van der Waals surface area (Å²) in [4.78, 5) is 23.7. The average Bonchev–Trinajstić information content (AvgIpc) is 2.44. The van der Waals surface area contributed by atoms with Crippen molar-refractivity contribution in [2.75, 3.05) is 6.61 Å². The molecule has 4 nitrogen and oxygen atoms in total. The van der Waals surface area contributed by atoms with E-state index in [0.29, 0.717) is 31.6 Å². The van der Waals surface area contributed by atoms with Gasteiger partial charge in [-0.3, -0.25) is 9.59 Å². The topological polar surface area (TPSA) is 80.4 Å². The van der Waals surface area contributed by atoms with E-state index in [0.717, 1.165) is 37.7 Å². The molecule has 0 aromatic heterocycles. The van der Waals surface area contributed by atoms with Crippen LogP contribution in [0.5, 0.6) is 0 Å². The second kappa shape index (κ2) is 9.85. The number of rotatable bonds is 10. The van der Waals surface area contributed by atoms with Gasteiger partial charge in [-0.05, 0) is 37.2 Å². The van der Waals surface area contributed by atoms with Gasteiger partial charge < -0.3 is 10.8 Å². The van der Waals surface area contributed by atoms with Crippen LogP contribution in [0.1, 0.15) is 64.7 Å². The van der Waals surface area contributed by atoms with E-state index in [1.165, 1.54) is 0 Å². The lowest BCUT2D eigenvalue weighted by Crippen LogP contribution is -2.27. The molecule has 0 heterocycles. The number of carbonyl (C=O) groups is 2. The summed E-state index contributed by atoms with van der Waals surface area (Å²) in [5.41, 5.74) is 6.51. The van der Waals surface area contributed by atoms with Crippen LogP contribution in [0.3, 0.4) is 0 Å². The van der Waals surface area contributed by atoms with Crippen molar-refractivity contribution >= 4 is 11.6 Å². The smallest absolute Gasteiger partial charge is 0.160 e. The Morgan fingerprint density at radius 2 is 2.14 bits per heavy atom. The SMILES string of the molecule is CCCC(CCO)CCC(=O)CCC1=CCC(N)CC1=O. The molecule has 0 radical (unpaired) electrons. The second-order valence-corrected chi connectivity index (χ2v) is 6.10. The van der Waals surface area contributed by atoms with Gasteiger partial charge in [-0.25, -0.2) is 0 Å². The summed E-state index contributed by atoms with van der Waals surface area (Å²) in [6, 6.07) is -0.0507. The van der Waals surface area contributed by atoms with E-state index in [2.05, 4.69) is 6.92 Å². The maximum absolute atomic E-state index is 11.9. The molecular weight excluding hydrogens is 266 g/mol. The van der Waals surface area contributed by atoms with Gasteiger partial charge in [0.25, 0.3) is 0 Å². The van der Waals surface area contributed by atoms with Crippen LogP contribution in [0.15, 0.2) is 11.6 Å². The Kier molecular flexibility index (Phi) is 8.47. The van der Waals surface area contributed by atoms with Crippen LogP contribution >= 0.6 is 0 Å². The van der Waals surface area contributed by atoms with Gasteiger partial charge in [-0.15, -0.1) is 0 Å². The molecule has 0 aromatic rings. The van der Waals surface area contributed by atoms with Gasteiger partial charge in [0, 0.05) is 31.9 Å². The minimum Gasteiger partial charge on any atom is -0.396 e. The molecule has 4 heteroatoms. The zero-order valence-corrected chi connectivity index (χ0v) is 13.1. The first-order valence-electron chi connectivity index (χ1n) is 8.17. The van der Waals surface area contributed by atoms with Crippen LogP contribution in [0.2, 0.25) is 0 Å². The fraction of sp³-hybridized carbons (Fsp3) is 0.765. The standard InChI is InChI=1S/C17H29NO3/c1-2-3-13(10-11-19)4-8-16(20)9-6-14-5-7-15(18)12-17(14)21/h5,13,15,19H,2-4,6-12,18H2,1H3. The Balaban J connectivity index is 2.29. The Labute approximate surface area is 127 Å². The molecule has 21 heavy (non-hydrogen) atoms. The molecule has 2 unspecified atom stereocenters. The Hall–Kier alpha value is -1.00. The van der Waals surface area contributed by atoms with Crippen molar-refractivity contribution in [1.82, 2.24) is 0 Å². The number of ketones is 2. The lowest BCUT2D eigenvalue weighted by molar-refractivity contribution is -0.119. The fourth-order valence-electron chi connectivity index (χ4n) is 2.89. The van der Waals surface area contributed by atoms with Crippen LogP contribution in [0, 0.1) is 5.92 Å². The molecule has 0 saturated heterocycles. The molecule has 1 aliphatic carbocycles. The number of aliphatic hydroxyl groups excluding tert-OH is 1. The number of Topliss-reactive ketones (excluding diaryl/α,β-unsaturated/α-hetero) is 2. The molecule has 0 amide bonds. The zero-order valence-electron chi connectivity index (χ0n) is 13.1. The molecule has 0 spiro atoms. The molecule has 0 saturated carbocycles. The first-order chi connectivity index (χ1) is 10.1. The van der Waals surface area contributed by atoms with Crippen LogP contribution in [-0.4, -0.2) is 29.3 Å². The minimum atomic E-state index is -0.0507. The van der Waals surface area contributed by atoms with Crippen molar-refractivity contribution in [2.45, 2.75) is 70.8 Å². The molecule has 120 valence electrons. The summed E-state index contributed by atoms with van der Waals surface area (Å²) in [6.45, 7) is 2.32. The number of nitrogens with two attached hydrogens (primary N) is 1. The predicted molar refractivity (Wildman–Crippen MR) is 83.9 cm³/mol. The second-order valence-electron chi connectivity index (χ2n) is 6.10. The van der Waals surface area contributed by atoms with Gasteiger partial charge in [0.1, 0.15) is 5.78 Å². The first kappa shape index (κ1) is 18.1. The Morgan fingerprint density at radius 3 is 2.76 bits per heavy atom. The van der Waals surface area contributed by atoms with Crippen molar-refractivity contribution in [3.8, 4) is 0 Å². The van der Waals surface area contributed by atoms with E-state index in [1.807, 2.05) is 6.08 Å². The van der Waals surface area contributed by atoms with Crippen molar-refractivity contribution in [3.05, 3.63) is 11.6 Å². The normalized spacial score (nSPS) is 20.2. The molecule has 0 fully saturated rings. The third-order valence-corrected chi connectivity index (χ3v) is 4.21. The average molecular weight is 295 g/mol. The van der Waals surface area contributed by atoms with Crippen LogP contribution < -0.4 is 5.73 Å². The van der Waals surface area contributed by atoms with E-state index in [9.17, 15) is 9.59 Å². The van der Waals surface area contributed by atoms with Gasteiger partial charge in [-0.2, -0.15) is 0 Å². The quantitative estimate of drug-likeness (QED) is 0.649. The highest BCUT2D eigenvalue weighted by Gasteiger charge is 2.19. The summed E-state index contributed by atoms with van der Waals surface area (Å²) in [6.07, 6.45) is 8.40. The van der Waals surface area contributed by atoms with Crippen LogP contribution in [0.25, 0.3) is 0 Å². The third-order valence-electron chi connectivity index (χ3n) is 4.21. The summed E-state index contributed by atoms with van der Waals surface area (Å²) >= 11 is 0. The van der Waals surface area contributed by atoms with Crippen molar-refractivity contribution in [1.29, 1.82) is 0 Å². The largest absolute Gasteiger partial charge is 0.396 e. The number of aliphatic hydroxyl groups is 1. The summed E-state index contributed by atoms with van der Waals surface area (Å²) in [5, 5.41) is 9.01. The molecule has 2 atom stereocenters. The van der Waals surface area contributed by atoms with E-state index in [4.69, 9.17) is 10.8 Å². The van der Waals surface area contributed by atoms with Crippen molar-refractivity contribution in [3.63, 3.8) is 0 Å². The molecule has 0 aromatic carbocycles.